The van der Waals surface area contributed by atoms with Crippen molar-refractivity contribution < 1.29 is 9.53 Å². The zero-order valence-electron chi connectivity index (χ0n) is 10.4. The van der Waals surface area contributed by atoms with Crippen LogP contribution in [0.2, 0.25) is 0 Å². The lowest BCUT2D eigenvalue weighted by Gasteiger charge is -2.15. The molecular formula is C11H19N3O2S. The molecule has 0 fully saturated rings. The number of amides is 1. The van der Waals surface area contributed by atoms with Crippen LogP contribution >= 0.6 is 11.3 Å². The highest BCUT2D eigenvalue weighted by Crippen LogP contribution is 2.42. The Morgan fingerprint density at radius 3 is 2.47 bits per heavy atom. The number of nitrogen functional groups attached to an aromatic ring is 1. The Hall–Kier alpha value is -1.43. The van der Waals surface area contributed by atoms with Crippen LogP contribution in [0.25, 0.3) is 0 Å². The molecule has 0 aromatic carbocycles. The van der Waals surface area contributed by atoms with E-state index in [1.807, 2.05) is 0 Å². The first-order valence-electron chi connectivity index (χ1n) is 5.57. The number of hydrogen-bond acceptors (Lipinski definition) is 5. The first-order valence-corrected chi connectivity index (χ1v) is 6.39. The summed E-state index contributed by atoms with van der Waals surface area (Å²) in [6.07, 6.45) is 1.98. The maximum Gasteiger partial charge on any atom is 0.261 e. The SMILES string of the molecule is CCC(CC)Nc1sc(C(N)=O)c(N)c1OC. The van der Waals surface area contributed by atoms with E-state index < -0.39 is 5.91 Å². The third kappa shape index (κ3) is 2.82. The minimum absolute atomic E-state index is 0.318. The summed E-state index contributed by atoms with van der Waals surface area (Å²) in [5, 5.41) is 4.09. The number of carbonyl (C=O) groups is 1. The van der Waals surface area contributed by atoms with Crippen LogP contribution in [0.3, 0.4) is 0 Å². The predicted molar refractivity (Wildman–Crippen MR) is 71.8 cm³/mol. The van der Waals surface area contributed by atoms with E-state index in [2.05, 4.69) is 19.2 Å². The van der Waals surface area contributed by atoms with E-state index in [4.69, 9.17) is 16.2 Å². The van der Waals surface area contributed by atoms with Crippen LogP contribution in [0.5, 0.6) is 5.75 Å². The number of primary amides is 1. The molecule has 0 spiro atoms. The van der Waals surface area contributed by atoms with E-state index in [0.29, 0.717) is 22.4 Å². The molecule has 0 aliphatic rings. The third-order valence-electron chi connectivity index (χ3n) is 2.65. The second-order valence-corrected chi connectivity index (χ2v) is 4.75. The van der Waals surface area contributed by atoms with Crippen molar-refractivity contribution in [1.29, 1.82) is 0 Å². The molecule has 0 bridgehead atoms. The van der Waals surface area contributed by atoms with Gasteiger partial charge in [-0.05, 0) is 12.8 Å². The van der Waals surface area contributed by atoms with Crippen LogP contribution in [0.4, 0.5) is 10.7 Å². The van der Waals surface area contributed by atoms with E-state index in [0.717, 1.165) is 17.8 Å². The largest absolute Gasteiger partial charge is 0.492 e. The van der Waals surface area contributed by atoms with E-state index in [1.165, 1.54) is 18.4 Å². The summed E-state index contributed by atoms with van der Waals surface area (Å²) in [7, 11) is 1.53. The number of methoxy groups -OCH3 is 1. The summed E-state index contributed by atoms with van der Waals surface area (Å²) < 4.78 is 5.21. The molecule has 1 amide bonds. The minimum Gasteiger partial charge on any atom is -0.492 e. The Morgan fingerprint density at radius 1 is 1.47 bits per heavy atom. The maximum absolute atomic E-state index is 11.2. The fraction of sp³-hybridized carbons (Fsp3) is 0.545. The highest BCUT2D eigenvalue weighted by molar-refractivity contribution is 7.19. The van der Waals surface area contributed by atoms with Crippen LogP contribution in [0, 0.1) is 0 Å². The molecule has 1 heterocycles. The molecular weight excluding hydrogens is 238 g/mol. The lowest BCUT2D eigenvalue weighted by Crippen LogP contribution is -2.16. The van der Waals surface area contributed by atoms with Gasteiger partial charge in [0.25, 0.3) is 5.91 Å². The first-order chi connectivity index (χ1) is 8.04. The molecule has 0 unspecified atom stereocenters. The molecule has 1 rings (SSSR count). The number of rotatable bonds is 6. The third-order valence-corrected chi connectivity index (χ3v) is 3.78. The van der Waals surface area contributed by atoms with Crippen LogP contribution in [0.15, 0.2) is 0 Å². The Balaban J connectivity index is 3.06. The Bertz CT molecular complexity index is 400. The van der Waals surface area contributed by atoms with Gasteiger partial charge in [0.1, 0.15) is 15.6 Å². The molecule has 0 aliphatic heterocycles. The molecule has 17 heavy (non-hydrogen) atoms. The van der Waals surface area contributed by atoms with E-state index in [1.54, 1.807) is 0 Å². The van der Waals surface area contributed by atoms with Crippen molar-refractivity contribution in [3.05, 3.63) is 4.88 Å². The van der Waals surface area contributed by atoms with Gasteiger partial charge in [0.15, 0.2) is 5.75 Å². The molecule has 1 aromatic rings. The molecule has 96 valence electrons. The van der Waals surface area contributed by atoms with Crippen LogP contribution in [0.1, 0.15) is 36.4 Å². The zero-order valence-corrected chi connectivity index (χ0v) is 11.2. The highest BCUT2D eigenvalue weighted by Gasteiger charge is 2.21. The van der Waals surface area contributed by atoms with Crippen molar-refractivity contribution in [2.45, 2.75) is 32.7 Å². The summed E-state index contributed by atoms with van der Waals surface area (Å²) in [6, 6.07) is 0.336. The minimum atomic E-state index is -0.525. The summed E-state index contributed by atoms with van der Waals surface area (Å²) in [6.45, 7) is 4.19. The molecule has 5 nitrogen and oxygen atoms in total. The van der Waals surface area contributed by atoms with Gasteiger partial charge in [-0.3, -0.25) is 4.79 Å². The number of nitrogens with one attached hydrogen (secondary N) is 1. The van der Waals surface area contributed by atoms with Gasteiger partial charge in [-0.1, -0.05) is 13.8 Å². The van der Waals surface area contributed by atoms with E-state index >= 15 is 0 Å². The second-order valence-electron chi connectivity index (χ2n) is 3.73. The summed E-state index contributed by atoms with van der Waals surface area (Å²) in [5.41, 5.74) is 11.4. The fourth-order valence-corrected chi connectivity index (χ4v) is 2.61. The Labute approximate surface area is 105 Å². The quantitative estimate of drug-likeness (QED) is 0.727. The van der Waals surface area contributed by atoms with Crippen LogP contribution < -0.4 is 21.5 Å². The highest BCUT2D eigenvalue weighted by atomic mass is 32.1. The standard InChI is InChI=1S/C11H19N3O2S/c1-4-6(5-2)14-11-8(16-3)7(12)9(17-11)10(13)15/h6,14H,4-5,12H2,1-3H3,(H2,13,15). The van der Waals surface area contributed by atoms with Crippen molar-refractivity contribution in [2.24, 2.45) is 5.73 Å². The van der Waals surface area contributed by atoms with E-state index in [-0.39, 0.29) is 0 Å². The lowest BCUT2D eigenvalue weighted by atomic mass is 10.2. The normalized spacial score (nSPS) is 10.6. The number of ether oxygens (including phenoxy) is 1. The van der Waals surface area contributed by atoms with Gasteiger partial charge in [-0.25, -0.2) is 0 Å². The second kappa shape index (κ2) is 5.77. The number of hydrogen-bond donors (Lipinski definition) is 3. The molecule has 0 aliphatic carbocycles. The molecule has 6 heteroatoms. The van der Waals surface area contributed by atoms with Gasteiger partial charge in [0.2, 0.25) is 0 Å². The lowest BCUT2D eigenvalue weighted by molar-refractivity contribution is 0.100. The Kier molecular flexibility index (Phi) is 4.62. The maximum atomic E-state index is 11.2. The molecule has 0 saturated carbocycles. The number of carbonyl (C=O) groups excluding carboxylic acids is 1. The Morgan fingerprint density at radius 2 is 2.06 bits per heavy atom. The summed E-state index contributed by atoms with van der Waals surface area (Å²) >= 11 is 1.24. The van der Waals surface area contributed by atoms with Crippen molar-refractivity contribution in [3.8, 4) is 5.75 Å². The summed E-state index contributed by atoms with van der Waals surface area (Å²) in [5.74, 6) is -0.0147. The van der Waals surface area contributed by atoms with Gasteiger partial charge in [-0.15, -0.1) is 11.3 Å². The average molecular weight is 257 g/mol. The number of thiophene rings is 1. The predicted octanol–water partition coefficient (Wildman–Crippen LogP) is 2.04. The van der Waals surface area contributed by atoms with Crippen molar-refractivity contribution in [2.75, 3.05) is 18.2 Å². The van der Waals surface area contributed by atoms with Gasteiger partial charge in [-0.2, -0.15) is 0 Å². The van der Waals surface area contributed by atoms with E-state index in [9.17, 15) is 4.79 Å². The smallest absolute Gasteiger partial charge is 0.261 e. The van der Waals surface area contributed by atoms with Gasteiger partial charge in [0.05, 0.1) is 7.11 Å². The number of nitrogens with two attached hydrogens (primary N) is 2. The van der Waals surface area contributed by atoms with Crippen LogP contribution in [-0.2, 0) is 0 Å². The van der Waals surface area contributed by atoms with Gasteiger partial charge < -0.3 is 21.5 Å². The fourth-order valence-electron chi connectivity index (χ4n) is 1.59. The van der Waals surface area contributed by atoms with Gasteiger partial charge >= 0.3 is 0 Å². The molecule has 0 radical (unpaired) electrons. The number of anilines is 2. The zero-order chi connectivity index (χ0) is 13.0. The average Bonchev–Trinajstić information content (AvgIpc) is 2.62. The van der Waals surface area contributed by atoms with Gasteiger partial charge in [0, 0.05) is 6.04 Å². The van der Waals surface area contributed by atoms with Crippen molar-refractivity contribution in [3.63, 3.8) is 0 Å². The van der Waals surface area contributed by atoms with Crippen LogP contribution in [-0.4, -0.2) is 19.1 Å². The molecule has 0 atom stereocenters. The topological polar surface area (TPSA) is 90.4 Å². The molecule has 5 N–H and O–H groups in total. The van der Waals surface area contributed by atoms with Crippen molar-refractivity contribution in [1.82, 2.24) is 0 Å². The summed E-state index contributed by atoms with van der Waals surface area (Å²) in [4.78, 5) is 11.5. The molecule has 1 aromatic heterocycles. The monoisotopic (exact) mass is 257 g/mol. The molecule has 0 saturated heterocycles. The van der Waals surface area contributed by atoms with Crippen molar-refractivity contribution >= 4 is 27.9 Å². The first kappa shape index (κ1) is 13.6.